The number of nitrogens with one attached hydrogen (secondary N) is 1. The number of Topliss-reactive ketones (excluding diaryl/α,β-unsaturated/α-hetero) is 1. The molecule has 6 rings (SSSR count). The lowest BCUT2D eigenvalue weighted by molar-refractivity contribution is -0.114. The summed E-state index contributed by atoms with van der Waals surface area (Å²) in [4.78, 5) is 37.1. The van der Waals surface area contributed by atoms with Gasteiger partial charge in [-0.2, -0.15) is 0 Å². The molecular formula is C31H36N4O2S. The predicted octanol–water partition coefficient (Wildman–Crippen LogP) is 5.32. The third-order valence-corrected chi connectivity index (χ3v) is 9.10. The van der Waals surface area contributed by atoms with Crippen molar-refractivity contribution in [1.29, 1.82) is 0 Å². The van der Waals surface area contributed by atoms with E-state index in [4.69, 9.17) is 4.99 Å². The number of aliphatic imine (C=N–C) groups is 1. The Labute approximate surface area is 229 Å². The lowest BCUT2D eigenvalue weighted by Gasteiger charge is -2.19. The highest BCUT2D eigenvalue weighted by Gasteiger charge is 2.32. The van der Waals surface area contributed by atoms with Crippen molar-refractivity contribution in [1.82, 2.24) is 9.80 Å². The average Bonchev–Trinajstić information content (AvgIpc) is 3.67. The van der Waals surface area contributed by atoms with Crippen LogP contribution in [0.1, 0.15) is 64.5 Å². The molecule has 2 aromatic rings. The van der Waals surface area contributed by atoms with Crippen molar-refractivity contribution in [3.63, 3.8) is 0 Å². The number of likely N-dealkylation sites (tertiary alicyclic amines) is 1. The van der Waals surface area contributed by atoms with Gasteiger partial charge in [0.1, 0.15) is 0 Å². The highest BCUT2D eigenvalue weighted by Crippen LogP contribution is 2.36. The Morgan fingerprint density at radius 1 is 1.11 bits per heavy atom. The van der Waals surface area contributed by atoms with Gasteiger partial charge in [-0.15, -0.1) is 11.3 Å². The van der Waals surface area contributed by atoms with Crippen molar-refractivity contribution >= 4 is 34.4 Å². The predicted molar refractivity (Wildman–Crippen MR) is 154 cm³/mol. The van der Waals surface area contributed by atoms with Gasteiger partial charge in [-0.05, 0) is 99.1 Å². The molecule has 0 saturated carbocycles. The van der Waals surface area contributed by atoms with E-state index in [1.54, 1.807) is 11.3 Å². The van der Waals surface area contributed by atoms with Gasteiger partial charge in [-0.1, -0.05) is 6.08 Å². The minimum atomic E-state index is 0.0795. The monoisotopic (exact) mass is 528 g/mol. The Balaban J connectivity index is 1.17. The van der Waals surface area contributed by atoms with E-state index in [9.17, 15) is 9.59 Å². The zero-order chi connectivity index (χ0) is 26.2. The van der Waals surface area contributed by atoms with Crippen LogP contribution in [0.25, 0.3) is 0 Å². The van der Waals surface area contributed by atoms with Crippen LogP contribution in [0.2, 0.25) is 0 Å². The number of rotatable bonds is 7. The fraction of sp³-hybridized carbons (Fsp3) is 0.452. The molecule has 4 aliphatic rings. The molecular weight excluding hydrogens is 492 g/mol. The quantitative estimate of drug-likeness (QED) is 0.494. The first-order chi connectivity index (χ1) is 18.4. The maximum absolute atomic E-state index is 13.2. The van der Waals surface area contributed by atoms with E-state index in [1.807, 2.05) is 17.1 Å². The third kappa shape index (κ3) is 5.14. The van der Waals surface area contributed by atoms with Gasteiger partial charge in [0.05, 0.1) is 17.3 Å². The van der Waals surface area contributed by atoms with Crippen LogP contribution in [0.3, 0.4) is 0 Å². The Morgan fingerprint density at radius 2 is 1.95 bits per heavy atom. The highest BCUT2D eigenvalue weighted by atomic mass is 32.1. The van der Waals surface area contributed by atoms with Crippen molar-refractivity contribution in [3.05, 3.63) is 74.1 Å². The fourth-order valence-corrected chi connectivity index (χ4v) is 7.15. The summed E-state index contributed by atoms with van der Waals surface area (Å²) in [6.45, 7) is 9.17. The second kappa shape index (κ2) is 10.6. The number of carbonyl (C=O) groups is 2. The average molecular weight is 529 g/mol. The number of allylic oxidation sites excluding steroid dienone is 4. The van der Waals surface area contributed by atoms with Crippen molar-refractivity contribution < 1.29 is 9.59 Å². The summed E-state index contributed by atoms with van der Waals surface area (Å²) in [5.41, 5.74) is 7.66. The summed E-state index contributed by atoms with van der Waals surface area (Å²) in [5.74, 6) is 0.246. The highest BCUT2D eigenvalue weighted by molar-refractivity contribution is 7.10. The second-order valence-electron chi connectivity index (χ2n) is 11.1. The Morgan fingerprint density at radius 3 is 2.74 bits per heavy atom. The number of amides is 1. The zero-order valence-corrected chi connectivity index (χ0v) is 23.2. The maximum Gasteiger partial charge on any atom is 0.254 e. The van der Waals surface area contributed by atoms with Crippen LogP contribution in [0.15, 0.2) is 52.0 Å². The third-order valence-electron chi connectivity index (χ3n) is 8.02. The van der Waals surface area contributed by atoms with Crippen LogP contribution < -0.4 is 5.32 Å². The van der Waals surface area contributed by atoms with Gasteiger partial charge in [-0.25, -0.2) is 0 Å². The molecule has 1 aliphatic carbocycles. The number of benzene rings is 1. The van der Waals surface area contributed by atoms with Gasteiger partial charge in [0.2, 0.25) is 0 Å². The SMILES string of the molecule is Cc1csc(CC(C)N=C2C=CCC(=O)C2=C2Cc3cc4c(cc3N2)CN(CCCN2CCCC2)C4=O)c1. The van der Waals surface area contributed by atoms with Crippen molar-refractivity contribution in [3.8, 4) is 0 Å². The van der Waals surface area contributed by atoms with Crippen LogP contribution in [-0.4, -0.2) is 59.4 Å². The summed E-state index contributed by atoms with van der Waals surface area (Å²) < 4.78 is 0. The van der Waals surface area contributed by atoms with E-state index in [1.165, 1.54) is 36.4 Å². The van der Waals surface area contributed by atoms with Gasteiger partial charge in [-0.3, -0.25) is 14.6 Å². The number of thiophene rings is 1. The molecule has 1 aromatic heterocycles. The molecule has 7 heteroatoms. The minimum Gasteiger partial charge on any atom is -0.358 e. The van der Waals surface area contributed by atoms with E-state index < -0.39 is 0 Å². The molecule has 3 aliphatic heterocycles. The number of fused-ring (bicyclic) bond motifs is 2. The topological polar surface area (TPSA) is 65.0 Å². The van der Waals surface area contributed by atoms with Gasteiger partial charge < -0.3 is 15.1 Å². The molecule has 0 bridgehead atoms. The van der Waals surface area contributed by atoms with Crippen LogP contribution >= 0.6 is 11.3 Å². The Hall–Kier alpha value is -3.03. The van der Waals surface area contributed by atoms with Gasteiger partial charge in [0.25, 0.3) is 5.91 Å². The van der Waals surface area contributed by atoms with Crippen LogP contribution in [-0.2, 0) is 24.2 Å². The number of carbonyl (C=O) groups excluding carboxylic acids is 2. The molecule has 1 atom stereocenters. The van der Waals surface area contributed by atoms with E-state index in [0.717, 1.165) is 59.7 Å². The van der Waals surface area contributed by atoms with Gasteiger partial charge >= 0.3 is 0 Å². The summed E-state index contributed by atoms with van der Waals surface area (Å²) in [5, 5.41) is 5.71. The molecule has 1 N–H and O–H groups in total. The molecule has 6 nitrogen and oxygen atoms in total. The molecule has 0 radical (unpaired) electrons. The fourth-order valence-electron chi connectivity index (χ4n) is 6.16. The standard InChI is InChI=1S/C31H36N4O2S/c1-20-13-24(38-19-20)14-21(2)32-26-7-5-8-29(36)30(26)28-16-22-15-25-23(17-27(22)33-28)18-35(31(25)37)12-6-11-34-9-3-4-10-34/h5,7,13,15,17,19,21,33H,3-4,6,8-12,14,16,18H2,1-2H3. The minimum absolute atomic E-state index is 0.0795. The number of aryl methyl sites for hydroxylation is 1. The number of nitrogens with zero attached hydrogens (tertiary/aromatic N) is 3. The number of hydrogen-bond donors (Lipinski definition) is 1. The van der Waals surface area contributed by atoms with Crippen molar-refractivity contribution in [2.45, 2.75) is 65.0 Å². The summed E-state index contributed by atoms with van der Waals surface area (Å²) in [7, 11) is 0. The van der Waals surface area contributed by atoms with E-state index in [-0.39, 0.29) is 17.7 Å². The summed E-state index contributed by atoms with van der Waals surface area (Å²) >= 11 is 1.77. The molecule has 38 heavy (non-hydrogen) atoms. The normalized spacial score (nSPS) is 22.9. The smallest absolute Gasteiger partial charge is 0.254 e. The molecule has 1 unspecified atom stereocenters. The van der Waals surface area contributed by atoms with Gasteiger partial charge in [0.15, 0.2) is 5.78 Å². The first kappa shape index (κ1) is 25.3. The van der Waals surface area contributed by atoms with Crippen molar-refractivity contribution in [2.75, 3.05) is 31.5 Å². The van der Waals surface area contributed by atoms with E-state index in [0.29, 0.717) is 25.0 Å². The summed E-state index contributed by atoms with van der Waals surface area (Å²) in [6, 6.07) is 6.47. The molecule has 1 aromatic carbocycles. The maximum atomic E-state index is 13.2. The van der Waals surface area contributed by atoms with Crippen molar-refractivity contribution in [2.24, 2.45) is 4.99 Å². The molecule has 4 heterocycles. The Kier molecular flexibility index (Phi) is 7.06. The zero-order valence-electron chi connectivity index (χ0n) is 22.4. The molecule has 1 amide bonds. The number of hydrogen-bond acceptors (Lipinski definition) is 6. The molecule has 1 fully saturated rings. The molecule has 198 valence electrons. The van der Waals surface area contributed by atoms with E-state index >= 15 is 0 Å². The molecule has 1 saturated heterocycles. The number of ketones is 1. The number of anilines is 1. The van der Waals surface area contributed by atoms with Crippen LogP contribution in [0, 0.1) is 6.92 Å². The first-order valence-electron chi connectivity index (χ1n) is 13.9. The Bertz CT molecular complexity index is 1360. The first-order valence-corrected chi connectivity index (χ1v) is 14.8. The second-order valence-corrected chi connectivity index (χ2v) is 12.1. The summed E-state index contributed by atoms with van der Waals surface area (Å²) in [6.07, 6.45) is 9.42. The largest absolute Gasteiger partial charge is 0.358 e. The van der Waals surface area contributed by atoms with Crippen LogP contribution in [0.4, 0.5) is 5.69 Å². The van der Waals surface area contributed by atoms with Gasteiger partial charge in [0, 0.05) is 54.2 Å². The van der Waals surface area contributed by atoms with E-state index in [2.05, 4.69) is 47.6 Å². The lowest BCUT2D eigenvalue weighted by atomic mass is 9.93. The molecule has 0 spiro atoms. The van der Waals surface area contributed by atoms with Crippen LogP contribution in [0.5, 0.6) is 0 Å². The lowest BCUT2D eigenvalue weighted by Crippen LogP contribution is -2.29.